The van der Waals surface area contributed by atoms with Crippen molar-refractivity contribution < 1.29 is 14.7 Å². The van der Waals surface area contributed by atoms with Crippen molar-refractivity contribution in [1.29, 1.82) is 0 Å². The van der Waals surface area contributed by atoms with Gasteiger partial charge in [0, 0.05) is 6.04 Å². The molecule has 1 atom stereocenters. The monoisotopic (exact) mass is 216 g/mol. The SMILES string of the molecule is CCC(C)NC(=O)CNC(C)(C)C(=O)O. The molecule has 0 rings (SSSR count). The maximum Gasteiger partial charge on any atom is 0.323 e. The molecule has 1 unspecified atom stereocenters. The Morgan fingerprint density at radius 3 is 2.33 bits per heavy atom. The van der Waals surface area contributed by atoms with Gasteiger partial charge in [-0.1, -0.05) is 6.92 Å². The average Bonchev–Trinajstić information content (AvgIpc) is 2.14. The lowest BCUT2D eigenvalue weighted by atomic mass is 10.1. The number of carboxylic acids is 1. The van der Waals surface area contributed by atoms with E-state index in [4.69, 9.17) is 5.11 Å². The van der Waals surface area contributed by atoms with Gasteiger partial charge < -0.3 is 10.4 Å². The van der Waals surface area contributed by atoms with E-state index in [2.05, 4.69) is 10.6 Å². The van der Waals surface area contributed by atoms with E-state index in [9.17, 15) is 9.59 Å². The first-order chi connectivity index (χ1) is 6.79. The number of hydrogen-bond acceptors (Lipinski definition) is 3. The van der Waals surface area contributed by atoms with Gasteiger partial charge in [-0.15, -0.1) is 0 Å². The van der Waals surface area contributed by atoms with Gasteiger partial charge in [0.15, 0.2) is 0 Å². The second-order valence-corrected chi connectivity index (χ2v) is 4.16. The molecule has 0 saturated carbocycles. The number of rotatable bonds is 6. The fourth-order valence-corrected chi connectivity index (χ4v) is 0.805. The Hall–Kier alpha value is -1.10. The lowest BCUT2D eigenvalue weighted by Gasteiger charge is -2.21. The zero-order valence-electron chi connectivity index (χ0n) is 9.76. The van der Waals surface area contributed by atoms with Crippen LogP contribution >= 0.6 is 0 Å². The fraction of sp³-hybridized carbons (Fsp3) is 0.800. The Balaban J connectivity index is 3.96. The summed E-state index contributed by atoms with van der Waals surface area (Å²) in [4.78, 5) is 22.0. The Labute approximate surface area is 90.2 Å². The summed E-state index contributed by atoms with van der Waals surface area (Å²) in [6.45, 7) is 6.93. The Kier molecular flexibility index (Phi) is 5.28. The number of carbonyl (C=O) groups is 2. The van der Waals surface area contributed by atoms with Gasteiger partial charge in [-0.05, 0) is 27.2 Å². The summed E-state index contributed by atoms with van der Waals surface area (Å²) in [5.41, 5.74) is -1.08. The molecule has 0 spiro atoms. The molecule has 0 aliphatic rings. The van der Waals surface area contributed by atoms with Crippen LogP contribution in [0.2, 0.25) is 0 Å². The van der Waals surface area contributed by atoms with E-state index in [1.54, 1.807) is 0 Å². The van der Waals surface area contributed by atoms with Crippen LogP contribution in [0.25, 0.3) is 0 Å². The molecule has 0 fully saturated rings. The second-order valence-electron chi connectivity index (χ2n) is 4.16. The van der Waals surface area contributed by atoms with Gasteiger partial charge >= 0.3 is 5.97 Å². The molecule has 0 aliphatic carbocycles. The molecular weight excluding hydrogens is 196 g/mol. The first kappa shape index (κ1) is 13.9. The highest BCUT2D eigenvalue weighted by Crippen LogP contribution is 2.00. The van der Waals surface area contributed by atoms with E-state index in [1.807, 2.05) is 13.8 Å². The summed E-state index contributed by atoms with van der Waals surface area (Å²) in [5.74, 6) is -1.16. The largest absolute Gasteiger partial charge is 0.480 e. The second kappa shape index (κ2) is 5.70. The number of amides is 1. The summed E-state index contributed by atoms with van der Waals surface area (Å²) in [5, 5.41) is 14.2. The third-order valence-electron chi connectivity index (χ3n) is 2.25. The molecule has 5 heteroatoms. The number of nitrogens with one attached hydrogen (secondary N) is 2. The molecule has 0 aromatic heterocycles. The van der Waals surface area contributed by atoms with Crippen LogP contribution in [0.3, 0.4) is 0 Å². The smallest absolute Gasteiger partial charge is 0.323 e. The highest BCUT2D eigenvalue weighted by atomic mass is 16.4. The van der Waals surface area contributed by atoms with E-state index in [0.717, 1.165) is 6.42 Å². The summed E-state index contributed by atoms with van der Waals surface area (Å²) >= 11 is 0. The fourth-order valence-electron chi connectivity index (χ4n) is 0.805. The molecule has 0 aromatic carbocycles. The normalized spacial score (nSPS) is 13.3. The van der Waals surface area contributed by atoms with Crippen LogP contribution in [-0.2, 0) is 9.59 Å². The Morgan fingerprint density at radius 2 is 1.93 bits per heavy atom. The Morgan fingerprint density at radius 1 is 1.40 bits per heavy atom. The van der Waals surface area contributed by atoms with Crippen molar-refractivity contribution in [3.05, 3.63) is 0 Å². The number of carbonyl (C=O) groups excluding carboxylic acids is 1. The molecule has 0 heterocycles. The van der Waals surface area contributed by atoms with Gasteiger partial charge in [-0.25, -0.2) is 0 Å². The summed E-state index contributed by atoms with van der Waals surface area (Å²) < 4.78 is 0. The number of aliphatic carboxylic acids is 1. The summed E-state index contributed by atoms with van der Waals surface area (Å²) in [6, 6.07) is 0.118. The minimum Gasteiger partial charge on any atom is -0.480 e. The van der Waals surface area contributed by atoms with E-state index in [0.29, 0.717) is 0 Å². The van der Waals surface area contributed by atoms with Crippen LogP contribution in [0.15, 0.2) is 0 Å². The van der Waals surface area contributed by atoms with Crippen molar-refractivity contribution in [1.82, 2.24) is 10.6 Å². The average molecular weight is 216 g/mol. The first-order valence-corrected chi connectivity index (χ1v) is 5.07. The zero-order chi connectivity index (χ0) is 12.1. The molecule has 0 saturated heterocycles. The Bertz CT molecular complexity index is 239. The molecule has 3 N–H and O–H groups in total. The topological polar surface area (TPSA) is 78.4 Å². The lowest BCUT2D eigenvalue weighted by Crippen LogP contribution is -2.51. The van der Waals surface area contributed by atoms with Crippen molar-refractivity contribution in [2.24, 2.45) is 0 Å². The maximum absolute atomic E-state index is 11.3. The quantitative estimate of drug-likeness (QED) is 0.599. The molecule has 0 bridgehead atoms. The number of hydrogen-bond donors (Lipinski definition) is 3. The van der Waals surface area contributed by atoms with E-state index in [1.165, 1.54) is 13.8 Å². The van der Waals surface area contributed by atoms with Crippen molar-refractivity contribution in [3.8, 4) is 0 Å². The van der Waals surface area contributed by atoms with Gasteiger partial charge in [0.25, 0.3) is 0 Å². The van der Waals surface area contributed by atoms with Crippen LogP contribution in [0.5, 0.6) is 0 Å². The van der Waals surface area contributed by atoms with Gasteiger partial charge in [0.1, 0.15) is 5.54 Å². The molecular formula is C10H20N2O3. The van der Waals surface area contributed by atoms with E-state index < -0.39 is 11.5 Å². The van der Waals surface area contributed by atoms with Gasteiger partial charge in [-0.3, -0.25) is 14.9 Å². The van der Waals surface area contributed by atoms with Crippen molar-refractivity contribution in [2.45, 2.75) is 45.7 Å². The minimum absolute atomic E-state index is 0.0175. The summed E-state index contributed by atoms with van der Waals surface area (Å²) in [7, 11) is 0. The van der Waals surface area contributed by atoms with Crippen LogP contribution in [-0.4, -0.2) is 35.1 Å². The standard InChI is InChI=1S/C10H20N2O3/c1-5-7(2)12-8(13)6-11-10(3,4)9(14)15/h7,11H,5-6H2,1-4H3,(H,12,13)(H,14,15). The predicted octanol–water partition coefficient (Wildman–Crippen LogP) is 0.354. The predicted molar refractivity (Wildman–Crippen MR) is 57.6 cm³/mol. The number of carboxylic acid groups (broad SMARTS) is 1. The highest BCUT2D eigenvalue weighted by Gasteiger charge is 2.26. The van der Waals surface area contributed by atoms with Crippen LogP contribution in [0.4, 0.5) is 0 Å². The lowest BCUT2D eigenvalue weighted by molar-refractivity contribution is -0.143. The molecule has 0 aliphatic heterocycles. The molecule has 0 radical (unpaired) electrons. The van der Waals surface area contributed by atoms with Gasteiger partial charge in [0.05, 0.1) is 6.54 Å². The third-order valence-corrected chi connectivity index (χ3v) is 2.25. The van der Waals surface area contributed by atoms with E-state index in [-0.39, 0.29) is 18.5 Å². The highest BCUT2D eigenvalue weighted by molar-refractivity contribution is 5.81. The maximum atomic E-state index is 11.3. The van der Waals surface area contributed by atoms with Crippen LogP contribution < -0.4 is 10.6 Å². The molecule has 1 amide bonds. The van der Waals surface area contributed by atoms with Crippen molar-refractivity contribution >= 4 is 11.9 Å². The first-order valence-electron chi connectivity index (χ1n) is 5.07. The molecule has 5 nitrogen and oxygen atoms in total. The summed E-state index contributed by atoms with van der Waals surface area (Å²) in [6.07, 6.45) is 0.855. The van der Waals surface area contributed by atoms with Crippen LogP contribution in [0.1, 0.15) is 34.1 Å². The van der Waals surface area contributed by atoms with Crippen molar-refractivity contribution in [2.75, 3.05) is 6.54 Å². The minimum atomic E-state index is -1.08. The molecule has 15 heavy (non-hydrogen) atoms. The van der Waals surface area contributed by atoms with E-state index >= 15 is 0 Å². The molecule has 88 valence electrons. The molecule has 0 aromatic rings. The van der Waals surface area contributed by atoms with Crippen molar-refractivity contribution in [3.63, 3.8) is 0 Å². The third kappa shape index (κ3) is 5.37. The van der Waals surface area contributed by atoms with Gasteiger partial charge in [0.2, 0.25) is 5.91 Å². The van der Waals surface area contributed by atoms with Crippen LogP contribution in [0, 0.1) is 0 Å². The zero-order valence-corrected chi connectivity index (χ0v) is 9.76. The van der Waals surface area contributed by atoms with Gasteiger partial charge in [-0.2, -0.15) is 0 Å².